The van der Waals surface area contributed by atoms with Crippen LogP contribution in [0, 0.1) is 0 Å². The Morgan fingerprint density at radius 2 is 1.90 bits per heavy atom. The summed E-state index contributed by atoms with van der Waals surface area (Å²) in [7, 11) is 0. The maximum atomic E-state index is 6.27. The maximum Gasteiger partial charge on any atom is 0.0839 e. The van der Waals surface area contributed by atoms with E-state index < -0.39 is 0 Å². The molecule has 3 aliphatic heterocycles. The first-order valence-corrected chi connectivity index (χ1v) is 7.98. The Kier molecular flexibility index (Phi) is 3.29. The Morgan fingerprint density at radius 1 is 1.15 bits per heavy atom. The minimum atomic E-state index is 0.129. The van der Waals surface area contributed by atoms with Crippen LogP contribution < -0.4 is 5.32 Å². The Morgan fingerprint density at radius 3 is 2.65 bits per heavy atom. The number of piperidine rings is 1. The summed E-state index contributed by atoms with van der Waals surface area (Å²) < 4.78 is 6.27. The van der Waals surface area contributed by atoms with E-state index in [1.165, 1.54) is 31.2 Å². The lowest BCUT2D eigenvalue weighted by Gasteiger charge is -2.47. The average molecular weight is 272 g/mol. The second-order valence-electron chi connectivity index (χ2n) is 6.77. The third-order valence-corrected chi connectivity index (χ3v) is 5.15. The molecule has 0 aromatic heterocycles. The van der Waals surface area contributed by atoms with Crippen LogP contribution in [0.5, 0.6) is 0 Å². The van der Waals surface area contributed by atoms with E-state index in [9.17, 15) is 0 Å². The van der Waals surface area contributed by atoms with Crippen LogP contribution >= 0.6 is 0 Å². The van der Waals surface area contributed by atoms with Crippen LogP contribution in [0.25, 0.3) is 0 Å². The number of morpholine rings is 1. The highest BCUT2D eigenvalue weighted by Gasteiger charge is 2.46. The fraction of sp³-hybridized carbons (Fsp3) is 0.647. The first kappa shape index (κ1) is 12.8. The molecule has 2 bridgehead atoms. The topological polar surface area (TPSA) is 24.5 Å². The van der Waals surface area contributed by atoms with Crippen molar-refractivity contribution in [3.05, 3.63) is 35.9 Å². The zero-order chi connectivity index (χ0) is 13.4. The molecule has 0 aliphatic carbocycles. The number of nitrogens with one attached hydrogen (secondary N) is 1. The molecular weight excluding hydrogens is 248 g/mol. The Balaban J connectivity index is 1.45. The molecule has 3 fully saturated rings. The summed E-state index contributed by atoms with van der Waals surface area (Å²) in [5, 5.41) is 3.73. The number of ether oxygens (including phenoxy) is 1. The normalized spacial score (nSPS) is 37.4. The molecule has 20 heavy (non-hydrogen) atoms. The number of rotatable bonds is 2. The summed E-state index contributed by atoms with van der Waals surface area (Å²) in [5.74, 6) is 0. The van der Waals surface area contributed by atoms with Gasteiger partial charge in [0.1, 0.15) is 0 Å². The molecule has 1 spiro atoms. The summed E-state index contributed by atoms with van der Waals surface area (Å²) in [6, 6.07) is 12.2. The van der Waals surface area contributed by atoms with Crippen molar-refractivity contribution < 1.29 is 4.74 Å². The van der Waals surface area contributed by atoms with Gasteiger partial charge in [-0.05, 0) is 31.2 Å². The van der Waals surface area contributed by atoms with Gasteiger partial charge in [0, 0.05) is 31.7 Å². The monoisotopic (exact) mass is 272 g/mol. The fourth-order valence-corrected chi connectivity index (χ4v) is 4.35. The summed E-state index contributed by atoms with van der Waals surface area (Å²) in [4.78, 5) is 2.59. The van der Waals surface area contributed by atoms with E-state index in [2.05, 4.69) is 40.5 Å². The van der Waals surface area contributed by atoms with Crippen molar-refractivity contribution in [2.75, 3.05) is 19.7 Å². The first-order chi connectivity index (χ1) is 9.81. The maximum absolute atomic E-state index is 6.27. The predicted octanol–water partition coefficient (Wildman–Crippen LogP) is 2.17. The van der Waals surface area contributed by atoms with E-state index in [4.69, 9.17) is 4.74 Å². The van der Waals surface area contributed by atoms with E-state index in [1.54, 1.807) is 0 Å². The van der Waals surface area contributed by atoms with Gasteiger partial charge in [-0.25, -0.2) is 0 Å². The van der Waals surface area contributed by atoms with E-state index in [0.717, 1.165) is 26.2 Å². The first-order valence-electron chi connectivity index (χ1n) is 7.98. The van der Waals surface area contributed by atoms with Crippen molar-refractivity contribution in [1.29, 1.82) is 0 Å². The third-order valence-electron chi connectivity index (χ3n) is 5.15. The second-order valence-corrected chi connectivity index (χ2v) is 6.77. The molecule has 4 rings (SSSR count). The largest absolute Gasteiger partial charge is 0.372 e. The molecular formula is C17H24N2O. The molecule has 2 atom stereocenters. The molecule has 1 N–H and O–H groups in total. The van der Waals surface area contributed by atoms with E-state index >= 15 is 0 Å². The van der Waals surface area contributed by atoms with Gasteiger partial charge < -0.3 is 10.1 Å². The highest BCUT2D eigenvalue weighted by Crippen LogP contribution is 2.38. The van der Waals surface area contributed by atoms with Crippen molar-refractivity contribution in [1.82, 2.24) is 10.2 Å². The summed E-state index contributed by atoms with van der Waals surface area (Å²) in [5.41, 5.74) is 1.55. The molecule has 3 aliphatic rings. The van der Waals surface area contributed by atoms with Gasteiger partial charge in [-0.15, -0.1) is 0 Å². The summed E-state index contributed by atoms with van der Waals surface area (Å²) in [6.45, 7) is 4.14. The van der Waals surface area contributed by atoms with E-state index in [0.29, 0.717) is 12.1 Å². The van der Waals surface area contributed by atoms with Crippen LogP contribution in [0.4, 0.5) is 0 Å². The van der Waals surface area contributed by atoms with Crippen molar-refractivity contribution >= 4 is 0 Å². The quantitative estimate of drug-likeness (QED) is 0.893. The second kappa shape index (κ2) is 5.14. The number of benzene rings is 1. The standard InChI is InChI=1S/C17H24N2O/c1-2-4-14(5-3-1)12-19-8-9-20-17(13-19)10-15-6-7-16(11-17)18-15/h1-5,15-16,18H,6-13H2. The van der Waals surface area contributed by atoms with Gasteiger partial charge in [-0.3, -0.25) is 4.90 Å². The van der Waals surface area contributed by atoms with E-state index in [1.807, 2.05) is 0 Å². The number of fused-ring (bicyclic) bond motifs is 2. The minimum Gasteiger partial charge on any atom is -0.372 e. The van der Waals surface area contributed by atoms with Gasteiger partial charge in [-0.2, -0.15) is 0 Å². The lowest BCUT2D eigenvalue weighted by atomic mass is 9.85. The Hall–Kier alpha value is -0.900. The SMILES string of the molecule is c1ccc(CN2CCOC3(CC4CCC(C3)N4)C2)cc1. The third kappa shape index (κ3) is 2.50. The van der Waals surface area contributed by atoms with Crippen LogP contribution in [0.3, 0.4) is 0 Å². The Bertz CT molecular complexity index is 449. The minimum absolute atomic E-state index is 0.129. The van der Waals surface area contributed by atoms with Crippen molar-refractivity contribution in [2.24, 2.45) is 0 Å². The molecule has 108 valence electrons. The molecule has 2 unspecified atom stereocenters. The van der Waals surface area contributed by atoms with E-state index in [-0.39, 0.29) is 5.60 Å². The summed E-state index contributed by atoms with van der Waals surface area (Å²) >= 11 is 0. The highest BCUT2D eigenvalue weighted by molar-refractivity contribution is 5.15. The average Bonchev–Trinajstić information content (AvgIpc) is 2.80. The molecule has 0 amide bonds. The molecule has 0 saturated carbocycles. The molecule has 1 aromatic carbocycles. The lowest BCUT2D eigenvalue weighted by molar-refractivity contribution is -0.133. The summed E-state index contributed by atoms with van der Waals surface area (Å²) in [6.07, 6.45) is 5.09. The van der Waals surface area contributed by atoms with Gasteiger partial charge in [-0.1, -0.05) is 30.3 Å². The van der Waals surface area contributed by atoms with Gasteiger partial charge in [0.25, 0.3) is 0 Å². The van der Waals surface area contributed by atoms with Crippen LogP contribution in [-0.4, -0.2) is 42.3 Å². The molecule has 3 heterocycles. The lowest BCUT2D eigenvalue weighted by Crippen LogP contribution is -2.58. The van der Waals surface area contributed by atoms with Gasteiger partial charge in [0.15, 0.2) is 0 Å². The highest BCUT2D eigenvalue weighted by atomic mass is 16.5. The molecule has 3 saturated heterocycles. The van der Waals surface area contributed by atoms with Gasteiger partial charge in [0.05, 0.1) is 12.2 Å². The zero-order valence-corrected chi connectivity index (χ0v) is 12.1. The number of hydrogen-bond acceptors (Lipinski definition) is 3. The van der Waals surface area contributed by atoms with Crippen LogP contribution in [0.15, 0.2) is 30.3 Å². The molecule has 3 heteroatoms. The molecule has 1 aromatic rings. The van der Waals surface area contributed by atoms with Crippen LogP contribution in [-0.2, 0) is 11.3 Å². The van der Waals surface area contributed by atoms with Gasteiger partial charge in [0.2, 0.25) is 0 Å². The van der Waals surface area contributed by atoms with Gasteiger partial charge >= 0.3 is 0 Å². The fourth-order valence-electron chi connectivity index (χ4n) is 4.35. The molecule has 0 radical (unpaired) electrons. The zero-order valence-electron chi connectivity index (χ0n) is 12.1. The number of hydrogen-bond donors (Lipinski definition) is 1. The smallest absolute Gasteiger partial charge is 0.0839 e. The predicted molar refractivity (Wildman–Crippen MR) is 79.6 cm³/mol. The van der Waals surface area contributed by atoms with Crippen molar-refractivity contribution in [2.45, 2.75) is 49.9 Å². The number of nitrogens with zero attached hydrogens (tertiary/aromatic N) is 1. The van der Waals surface area contributed by atoms with Crippen molar-refractivity contribution in [3.8, 4) is 0 Å². The van der Waals surface area contributed by atoms with Crippen LogP contribution in [0.2, 0.25) is 0 Å². The van der Waals surface area contributed by atoms with Crippen LogP contribution in [0.1, 0.15) is 31.2 Å². The van der Waals surface area contributed by atoms with Crippen molar-refractivity contribution in [3.63, 3.8) is 0 Å². The Labute approximate surface area is 121 Å². The molecule has 3 nitrogen and oxygen atoms in total.